The van der Waals surface area contributed by atoms with Gasteiger partial charge in [-0.25, -0.2) is 4.98 Å². The minimum Gasteiger partial charge on any atom is -0.465 e. The number of halogens is 1. The molecule has 0 amide bonds. The molecule has 1 heterocycles. The molecule has 0 unspecified atom stereocenters. The maximum Gasteiger partial charge on any atom is 0.317 e. The first-order chi connectivity index (χ1) is 7.65. The Balaban J connectivity index is 2.70. The molecule has 4 heteroatoms. The average Bonchev–Trinajstić information content (AvgIpc) is 2.25. The number of aromatic nitrogens is 1. The van der Waals surface area contributed by atoms with E-state index in [1.54, 1.807) is 19.9 Å². The van der Waals surface area contributed by atoms with Crippen molar-refractivity contribution in [3.8, 4) is 11.8 Å². The Kier molecular flexibility index (Phi) is 4.46. The second-order valence-corrected chi connectivity index (χ2v) is 3.06. The van der Waals surface area contributed by atoms with Gasteiger partial charge in [0.25, 0.3) is 0 Å². The summed E-state index contributed by atoms with van der Waals surface area (Å²) in [5.41, 5.74) is 0.927. The maximum atomic E-state index is 13.0. The molecule has 0 fully saturated rings. The summed E-state index contributed by atoms with van der Waals surface area (Å²) in [6.45, 7) is 3.66. The highest BCUT2D eigenvalue weighted by Crippen LogP contribution is 2.07. The molecule has 16 heavy (non-hydrogen) atoms. The van der Waals surface area contributed by atoms with Gasteiger partial charge in [-0.15, -0.1) is 0 Å². The largest absolute Gasteiger partial charge is 0.465 e. The third kappa shape index (κ3) is 3.35. The highest BCUT2D eigenvalue weighted by atomic mass is 19.1. The zero-order valence-electron chi connectivity index (χ0n) is 9.21. The van der Waals surface area contributed by atoms with E-state index in [0.29, 0.717) is 17.7 Å². The summed E-state index contributed by atoms with van der Waals surface area (Å²) in [4.78, 5) is 14.5. The molecule has 0 N–H and O–H groups in total. The molecule has 0 saturated heterocycles. The Labute approximate surface area is 93.6 Å². The molecule has 1 aromatic rings. The molecule has 0 radical (unpaired) electrons. The summed E-state index contributed by atoms with van der Waals surface area (Å²) in [5.74, 6) is 4.44. The first-order valence-corrected chi connectivity index (χ1v) is 4.90. The number of carbonyl (C=O) groups is 1. The van der Waals surface area contributed by atoms with Crippen molar-refractivity contribution in [2.24, 2.45) is 0 Å². The quantitative estimate of drug-likeness (QED) is 0.434. The summed E-state index contributed by atoms with van der Waals surface area (Å²) in [7, 11) is 0. The normalized spacial score (nSPS) is 9.19. The van der Waals surface area contributed by atoms with Crippen molar-refractivity contribution in [1.82, 2.24) is 4.98 Å². The summed E-state index contributed by atoms with van der Waals surface area (Å²) in [6, 6.07) is 1.61. The van der Waals surface area contributed by atoms with Crippen LogP contribution in [0.3, 0.4) is 0 Å². The van der Waals surface area contributed by atoms with E-state index in [4.69, 9.17) is 4.74 Å². The standard InChI is InChI=1S/C12H12FNO2/c1-3-16-11(15)6-4-5-10-7-8-14-12(13)9(10)2/h7-8H,3,6H2,1-2H3. The zero-order valence-corrected chi connectivity index (χ0v) is 9.21. The van der Waals surface area contributed by atoms with Gasteiger partial charge in [-0.2, -0.15) is 4.39 Å². The Bertz CT molecular complexity index is 446. The molecule has 84 valence electrons. The Hall–Kier alpha value is -1.89. The van der Waals surface area contributed by atoms with Crippen LogP contribution in [0.4, 0.5) is 4.39 Å². The number of hydrogen-bond acceptors (Lipinski definition) is 3. The van der Waals surface area contributed by atoms with Gasteiger partial charge in [0.1, 0.15) is 6.42 Å². The minimum absolute atomic E-state index is 0.0111. The molecule has 0 aliphatic rings. The van der Waals surface area contributed by atoms with Crippen molar-refractivity contribution in [2.45, 2.75) is 20.3 Å². The third-order valence-corrected chi connectivity index (χ3v) is 1.90. The summed E-state index contributed by atoms with van der Waals surface area (Å²) in [5, 5.41) is 0. The molecule has 0 aromatic carbocycles. The monoisotopic (exact) mass is 221 g/mol. The first-order valence-electron chi connectivity index (χ1n) is 4.90. The van der Waals surface area contributed by atoms with Crippen LogP contribution in [0.15, 0.2) is 12.3 Å². The molecule has 0 saturated carbocycles. The van der Waals surface area contributed by atoms with E-state index in [2.05, 4.69) is 16.8 Å². The second-order valence-electron chi connectivity index (χ2n) is 3.06. The van der Waals surface area contributed by atoms with Gasteiger partial charge in [0.15, 0.2) is 0 Å². The van der Waals surface area contributed by atoms with Crippen LogP contribution in [0, 0.1) is 24.7 Å². The lowest BCUT2D eigenvalue weighted by atomic mass is 10.1. The lowest BCUT2D eigenvalue weighted by Gasteiger charge is -1.97. The third-order valence-electron chi connectivity index (χ3n) is 1.90. The highest BCUT2D eigenvalue weighted by molar-refractivity contribution is 5.72. The van der Waals surface area contributed by atoms with Crippen LogP contribution in [-0.4, -0.2) is 17.6 Å². The molecule has 3 nitrogen and oxygen atoms in total. The second kappa shape index (κ2) is 5.86. The van der Waals surface area contributed by atoms with Crippen LogP contribution in [0.25, 0.3) is 0 Å². The van der Waals surface area contributed by atoms with E-state index in [1.165, 1.54) is 6.20 Å². The van der Waals surface area contributed by atoms with E-state index in [1.807, 2.05) is 0 Å². The van der Waals surface area contributed by atoms with E-state index in [-0.39, 0.29) is 12.4 Å². The number of nitrogens with zero attached hydrogens (tertiary/aromatic N) is 1. The van der Waals surface area contributed by atoms with Crippen LogP contribution in [0.1, 0.15) is 24.5 Å². The van der Waals surface area contributed by atoms with Crippen molar-refractivity contribution < 1.29 is 13.9 Å². The average molecular weight is 221 g/mol. The van der Waals surface area contributed by atoms with Crippen LogP contribution in [-0.2, 0) is 9.53 Å². The van der Waals surface area contributed by atoms with E-state index in [9.17, 15) is 9.18 Å². The Morgan fingerprint density at radius 1 is 1.62 bits per heavy atom. The molecule has 0 spiro atoms. The van der Waals surface area contributed by atoms with E-state index >= 15 is 0 Å². The fraction of sp³-hybridized carbons (Fsp3) is 0.333. The zero-order chi connectivity index (χ0) is 12.0. The number of pyridine rings is 1. The topological polar surface area (TPSA) is 39.2 Å². The molecule has 0 atom stereocenters. The predicted molar refractivity (Wildman–Crippen MR) is 57.1 cm³/mol. The van der Waals surface area contributed by atoms with Crippen LogP contribution in [0.5, 0.6) is 0 Å². The number of ether oxygens (including phenoxy) is 1. The van der Waals surface area contributed by atoms with Gasteiger partial charge in [-0.1, -0.05) is 11.8 Å². The minimum atomic E-state index is -0.539. The predicted octanol–water partition coefficient (Wildman–Crippen LogP) is 1.83. The molecule has 1 rings (SSSR count). The fourth-order valence-corrected chi connectivity index (χ4v) is 1.07. The van der Waals surface area contributed by atoms with Crippen LogP contribution < -0.4 is 0 Å². The first kappa shape index (κ1) is 12.2. The highest BCUT2D eigenvalue weighted by Gasteiger charge is 2.01. The maximum absolute atomic E-state index is 13.0. The summed E-state index contributed by atoms with van der Waals surface area (Å²) < 4.78 is 17.7. The van der Waals surface area contributed by atoms with Gasteiger partial charge in [0, 0.05) is 17.3 Å². The van der Waals surface area contributed by atoms with Gasteiger partial charge >= 0.3 is 5.97 Å². The number of esters is 1. The lowest BCUT2D eigenvalue weighted by Crippen LogP contribution is -2.01. The SMILES string of the molecule is CCOC(=O)CC#Cc1ccnc(F)c1C. The van der Waals surface area contributed by atoms with Crippen molar-refractivity contribution in [2.75, 3.05) is 6.61 Å². The number of rotatable bonds is 2. The fourth-order valence-electron chi connectivity index (χ4n) is 1.07. The van der Waals surface area contributed by atoms with Crippen molar-refractivity contribution in [3.63, 3.8) is 0 Å². The van der Waals surface area contributed by atoms with Gasteiger partial charge in [0.2, 0.25) is 5.95 Å². The number of hydrogen-bond donors (Lipinski definition) is 0. The van der Waals surface area contributed by atoms with Gasteiger partial charge in [0.05, 0.1) is 6.61 Å². The Morgan fingerprint density at radius 3 is 3.06 bits per heavy atom. The van der Waals surface area contributed by atoms with Crippen LogP contribution in [0.2, 0.25) is 0 Å². The van der Waals surface area contributed by atoms with Crippen molar-refractivity contribution >= 4 is 5.97 Å². The van der Waals surface area contributed by atoms with Crippen LogP contribution >= 0.6 is 0 Å². The van der Waals surface area contributed by atoms with E-state index in [0.717, 1.165) is 0 Å². The van der Waals surface area contributed by atoms with Crippen molar-refractivity contribution in [1.29, 1.82) is 0 Å². The van der Waals surface area contributed by atoms with Gasteiger partial charge in [-0.05, 0) is 19.9 Å². The summed E-state index contributed by atoms with van der Waals surface area (Å²) in [6.07, 6.45) is 1.36. The molecule has 1 aromatic heterocycles. The van der Waals surface area contributed by atoms with Gasteiger partial charge in [-0.3, -0.25) is 4.79 Å². The smallest absolute Gasteiger partial charge is 0.317 e. The molecule has 0 bridgehead atoms. The molecular formula is C12H12FNO2. The summed E-state index contributed by atoms with van der Waals surface area (Å²) >= 11 is 0. The molecular weight excluding hydrogens is 209 g/mol. The molecule has 0 aliphatic heterocycles. The van der Waals surface area contributed by atoms with E-state index < -0.39 is 5.95 Å². The lowest BCUT2D eigenvalue weighted by molar-refractivity contribution is -0.141. The molecule has 0 aliphatic carbocycles. The van der Waals surface area contributed by atoms with Gasteiger partial charge < -0.3 is 4.74 Å². The van der Waals surface area contributed by atoms with Crippen molar-refractivity contribution in [3.05, 3.63) is 29.3 Å². The number of carbonyl (C=O) groups excluding carboxylic acids is 1. The Morgan fingerprint density at radius 2 is 2.38 bits per heavy atom.